The van der Waals surface area contributed by atoms with E-state index in [0.717, 1.165) is 17.1 Å². The van der Waals surface area contributed by atoms with E-state index in [9.17, 15) is 9.59 Å². The average Bonchev–Trinajstić information content (AvgIpc) is 3.12. The Balaban J connectivity index is 1.48. The van der Waals surface area contributed by atoms with Crippen molar-refractivity contribution in [2.45, 2.75) is 6.92 Å². The first-order valence-corrected chi connectivity index (χ1v) is 9.51. The Morgan fingerprint density at radius 1 is 0.900 bits per heavy atom. The number of carbonyl (C=O) groups is 1. The number of H-pyrrole nitrogens is 1. The molecule has 0 saturated carbocycles. The predicted molar refractivity (Wildman–Crippen MR) is 117 cm³/mol. The molecule has 4 rings (SSSR count). The third-order valence-electron chi connectivity index (χ3n) is 4.84. The van der Waals surface area contributed by atoms with E-state index < -0.39 is 0 Å². The topological polar surface area (TPSA) is 67.3 Å². The largest absolute Gasteiger partial charge is 0.457 e. The Kier molecular flexibility index (Phi) is 5.22. The van der Waals surface area contributed by atoms with Gasteiger partial charge in [0.15, 0.2) is 0 Å². The standard InChI is InChI=1S/C24H21N3O3/c1-17-16-25-24(29)27(17)20-10-8-18(9-11-20)23(28)26(2)19-12-14-22(15-13-19)30-21-6-4-3-5-7-21/h3-16H,1-2H3,(H,25,29). The zero-order valence-corrected chi connectivity index (χ0v) is 16.7. The lowest BCUT2D eigenvalue weighted by molar-refractivity contribution is 0.0993. The third kappa shape index (κ3) is 3.89. The van der Waals surface area contributed by atoms with Crippen molar-refractivity contribution in [2.24, 2.45) is 0 Å². The Morgan fingerprint density at radius 2 is 1.53 bits per heavy atom. The summed E-state index contributed by atoms with van der Waals surface area (Å²) in [5.74, 6) is 1.31. The first-order chi connectivity index (χ1) is 14.5. The second-order valence-corrected chi connectivity index (χ2v) is 6.89. The van der Waals surface area contributed by atoms with Gasteiger partial charge in [0, 0.05) is 30.2 Å². The fraction of sp³-hybridized carbons (Fsp3) is 0.0833. The first-order valence-electron chi connectivity index (χ1n) is 9.51. The van der Waals surface area contributed by atoms with Gasteiger partial charge in [-0.3, -0.25) is 9.36 Å². The van der Waals surface area contributed by atoms with Crippen molar-refractivity contribution in [1.82, 2.24) is 9.55 Å². The molecule has 6 nitrogen and oxygen atoms in total. The summed E-state index contributed by atoms with van der Waals surface area (Å²) in [7, 11) is 1.73. The number of imidazole rings is 1. The summed E-state index contributed by atoms with van der Waals surface area (Å²) in [4.78, 5) is 29.0. The van der Waals surface area contributed by atoms with Crippen LogP contribution < -0.4 is 15.3 Å². The van der Waals surface area contributed by atoms with Gasteiger partial charge in [0.05, 0.1) is 5.69 Å². The van der Waals surface area contributed by atoms with Gasteiger partial charge in [-0.15, -0.1) is 0 Å². The van der Waals surface area contributed by atoms with Gasteiger partial charge in [0.25, 0.3) is 5.91 Å². The summed E-state index contributed by atoms with van der Waals surface area (Å²) in [6, 6.07) is 23.8. The van der Waals surface area contributed by atoms with E-state index in [4.69, 9.17) is 4.74 Å². The van der Waals surface area contributed by atoms with E-state index in [-0.39, 0.29) is 11.6 Å². The molecule has 30 heavy (non-hydrogen) atoms. The van der Waals surface area contributed by atoms with Gasteiger partial charge in [0.1, 0.15) is 11.5 Å². The molecule has 1 heterocycles. The lowest BCUT2D eigenvalue weighted by Crippen LogP contribution is -2.26. The molecule has 0 unspecified atom stereocenters. The number of amides is 1. The lowest BCUT2D eigenvalue weighted by atomic mass is 10.1. The smallest absolute Gasteiger partial charge is 0.330 e. The average molecular weight is 399 g/mol. The summed E-state index contributed by atoms with van der Waals surface area (Å²) in [5, 5.41) is 0. The van der Waals surface area contributed by atoms with Gasteiger partial charge in [-0.1, -0.05) is 18.2 Å². The molecule has 0 saturated heterocycles. The summed E-state index contributed by atoms with van der Waals surface area (Å²) in [6.45, 7) is 1.84. The maximum atomic E-state index is 12.9. The molecular weight excluding hydrogens is 378 g/mol. The van der Waals surface area contributed by atoms with E-state index in [1.165, 1.54) is 0 Å². The summed E-state index contributed by atoms with van der Waals surface area (Å²) in [5.41, 5.74) is 2.59. The second-order valence-electron chi connectivity index (χ2n) is 6.89. The van der Waals surface area contributed by atoms with Crippen LogP contribution >= 0.6 is 0 Å². The molecule has 0 aliphatic rings. The van der Waals surface area contributed by atoms with Gasteiger partial charge >= 0.3 is 5.69 Å². The molecule has 0 spiro atoms. The molecule has 150 valence electrons. The molecular formula is C24H21N3O3. The Morgan fingerprint density at radius 3 is 2.13 bits per heavy atom. The summed E-state index contributed by atoms with van der Waals surface area (Å²) in [6.07, 6.45) is 1.65. The van der Waals surface area contributed by atoms with Crippen molar-refractivity contribution in [1.29, 1.82) is 0 Å². The number of nitrogens with one attached hydrogen (secondary N) is 1. The molecule has 0 radical (unpaired) electrons. The van der Waals surface area contributed by atoms with Crippen LogP contribution in [0.25, 0.3) is 5.69 Å². The van der Waals surface area contributed by atoms with Gasteiger partial charge < -0.3 is 14.6 Å². The van der Waals surface area contributed by atoms with Gasteiger partial charge in [-0.25, -0.2) is 4.79 Å². The van der Waals surface area contributed by atoms with Crippen LogP contribution in [0, 0.1) is 6.92 Å². The van der Waals surface area contributed by atoms with Crippen molar-refractivity contribution in [3.63, 3.8) is 0 Å². The number of nitrogens with zero attached hydrogens (tertiary/aromatic N) is 2. The van der Waals surface area contributed by atoms with E-state index in [0.29, 0.717) is 17.0 Å². The maximum Gasteiger partial charge on any atom is 0.330 e. The number of rotatable bonds is 5. The minimum absolute atomic E-state index is 0.142. The molecule has 1 N–H and O–H groups in total. The minimum atomic E-state index is -0.207. The molecule has 3 aromatic carbocycles. The summed E-state index contributed by atoms with van der Waals surface area (Å²) < 4.78 is 7.35. The molecule has 0 aliphatic carbocycles. The predicted octanol–water partition coefficient (Wildman–Crippen LogP) is 4.54. The fourth-order valence-corrected chi connectivity index (χ4v) is 3.20. The van der Waals surface area contributed by atoms with E-state index >= 15 is 0 Å². The number of aromatic amines is 1. The minimum Gasteiger partial charge on any atom is -0.457 e. The van der Waals surface area contributed by atoms with Crippen LogP contribution in [0.1, 0.15) is 16.1 Å². The highest BCUT2D eigenvalue weighted by Gasteiger charge is 2.14. The van der Waals surface area contributed by atoms with E-state index in [2.05, 4.69) is 4.98 Å². The Hall–Kier alpha value is -4.06. The zero-order chi connectivity index (χ0) is 21.1. The van der Waals surface area contributed by atoms with Crippen LogP contribution in [0.4, 0.5) is 5.69 Å². The highest BCUT2D eigenvalue weighted by molar-refractivity contribution is 6.05. The Bertz CT molecular complexity index is 1210. The van der Waals surface area contributed by atoms with Crippen LogP contribution in [0.2, 0.25) is 0 Å². The number of anilines is 1. The monoisotopic (exact) mass is 399 g/mol. The van der Waals surface area contributed by atoms with Crippen LogP contribution in [0.15, 0.2) is 89.9 Å². The van der Waals surface area contributed by atoms with Crippen molar-refractivity contribution >= 4 is 11.6 Å². The Labute approximate surface area is 174 Å². The molecule has 4 aromatic rings. The summed E-state index contributed by atoms with van der Waals surface area (Å²) >= 11 is 0. The maximum absolute atomic E-state index is 12.9. The van der Waals surface area contributed by atoms with Crippen molar-refractivity contribution in [3.05, 3.63) is 107 Å². The first kappa shape index (κ1) is 19.3. The number of aromatic nitrogens is 2. The number of carbonyl (C=O) groups excluding carboxylic acids is 1. The zero-order valence-electron chi connectivity index (χ0n) is 16.7. The van der Waals surface area contributed by atoms with Crippen LogP contribution in [0.5, 0.6) is 11.5 Å². The van der Waals surface area contributed by atoms with Gasteiger partial charge in [-0.05, 0) is 67.6 Å². The van der Waals surface area contributed by atoms with Crippen LogP contribution in [-0.2, 0) is 0 Å². The highest BCUT2D eigenvalue weighted by atomic mass is 16.5. The van der Waals surface area contributed by atoms with E-state index in [1.54, 1.807) is 47.0 Å². The number of hydrogen-bond donors (Lipinski definition) is 1. The normalized spacial score (nSPS) is 10.6. The lowest BCUT2D eigenvalue weighted by Gasteiger charge is -2.18. The SMILES string of the molecule is Cc1c[nH]c(=O)n1-c1ccc(C(=O)N(C)c2ccc(Oc3ccccc3)cc2)cc1. The van der Waals surface area contributed by atoms with Crippen molar-refractivity contribution < 1.29 is 9.53 Å². The molecule has 0 fully saturated rings. The second kappa shape index (κ2) is 8.13. The number of ether oxygens (including phenoxy) is 1. The van der Waals surface area contributed by atoms with Gasteiger partial charge in [-0.2, -0.15) is 0 Å². The quantitative estimate of drug-likeness (QED) is 0.536. The molecule has 1 amide bonds. The molecule has 1 aromatic heterocycles. The van der Waals surface area contributed by atoms with Crippen LogP contribution in [-0.4, -0.2) is 22.5 Å². The third-order valence-corrected chi connectivity index (χ3v) is 4.84. The number of para-hydroxylation sites is 1. The fourth-order valence-electron chi connectivity index (χ4n) is 3.20. The van der Waals surface area contributed by atoms with E-state index in [1.807, 2.05) is 61.5 Å². The highest BCUT2D eigenvalue weighted by Crippen LogP contribution is 2.24. The van der Waals surface area contributed by atoms with Gasteiger partial charge in [0.2, 0.25) is 0 Å². The molecule has 0 bridgehead atoms. The van der Waals surface area contributed by atoms with Crippen LogP contribution in [0.3, 0.4) is 0 Å². The molecule has 0 atom stereocenters. The van der Waals surface area contributed by atoms with Crippen molar-refractivity contribution in [2.75, 3.05) is 11.9 Å². The number of hydrogen-bond acceptors (Lipinski definition) is 3. The molecule has 6 heteroatoms. The molecule has 0 aliphatic heterocycles. The number of benzene rings is 3. The van der Waals surface area contributed by atoms with Crippen molar-refractivity contribution in [3.8, 4) is 17.2 Å². The number of aryl methyl sites for hydroxylation is 1.